The number of anilines is 1. The van der Waals surface area contributed by atoms with Crippen molar-refractivity contribution in [2.75, 3.05) is 5.32 Å². The number of para-hydroxylation sites is 1. The summed E-state index contributed by atoms with van der Waals surface area (Å²) >= 11 is 0.993. The van der Waals surface area contributed by atoms with E-state index >= 15 is 0 Å². The summed E-state index contributed by atoms with van der Waals surface area (Å²) in [5.41, 5.74) is -2.44. The number of hydrogen-bond donors (Lipinski definition) is 2. The number of amides is 1. The van der Waals surface area contributed by atoms with Crippen LogP contribution in [0.3, 0.4) is 0 Å². The van der Waals surface area contributed by atoms with E-state index in [4.69, 9.17) is 0 Å². The zero-order valence-corrected chi connectivity index (χ0v) is 17.5. The quantitative estimate of drug-likeness (QED) is 0.593. The van der Waals surface area contributed by atoms with Crippen molar-refractivity contribution in [1.82, 2.24) is 9.55 Å². The van der Waals surface area contributed by atoms with Crippen molar-refractivity contribution in [3.63, 3.8) is 0 Å². The molecular formula is C20H18F3N3O4S. The van der Waals surface area contributed by atoms with E-state index in [1.807, 2.05) is 0 Å². The van der Waals surface area contributed by atoms with E-state index in [2.05, 4.69) is 10.3 Å². The van der Waals surface area contributed by atoms with Gasteiger partial charge in [-0.15, -0.1) is 11.3 Å². The lowest BCUT2D eigenvalue weighted by molar-refractivity contribution is -0.137. The number of hydrogen-bond acceptors (Lipinski definition) is 5. The van der Waals surface area contributed by atoms with Gasteiger partial charge in [0.25, 0.3) is 5.56 Å². The SMILES string of the molecule is CC(C)c1nc2scc(C(=O)O)c2c(=O)n1C(C)C(=O)Nc1ccccc1C(F)(F)F. The molecule has 3 aromatic rings. The van der Waals surface area contributed by atoms with Gasteiger partial charge in [0, 0.05) is 11.3 Å². The van der Waals surface area contributed by atoms with Crippen LogP contribution in [0.15, 0.2) is 34.4 Å². The van der Waals surface area contributed by atoms with Crippen molar-refractivity contribution in [2.45, 2.75) is 38.9 Å². The number of carboxylic acids is 1. The molecule has 0 radical (unpaired) electrons. The van der Waals surface area contributed by atoms with E-state index in [0.29, 0.717) is 0 Å². The van der Waals surface area contributed by atoms with Crippen LogP contribution in [-0.4, -0.2) is 26.5 Å². The minimum Gasteiger partial charge on any atom is -0.478 e. The first-order chi connectivity index (χ1) is 14.4. The van der Waals surface area contributed by atoms with Crippen molar-refractivity contribution in [1.29, 1.82) is 0 Å². The number of aromatic carboxylic acids is 1. The number of fused-ring (bicyclic) bond motifs is 1. The Labute approximate surface area is 178 Å². The number of rotatable bonds is 5. The number of alkyl halides is 3. The molecule has 0 fully saturated rings. The second kappa shape index (κ2) is 8.14. The van der Waals surface area contributed by atoms with Gasteiger partial charge in [0.15, 0.2) is 0 Å². The Morgan fingerprint density at radius 2 is 1.84 bits per heavy atom. The molecule has 31 heavy (non-hydrogen) atoms. The topological polar surface area (TPSA) is 101 Å². The van der Waals surface area contributed by atoms with Crippen LogP contribution < -0.4 is 10.9 Å². The highest BCUT2D eigenvalue weighted by Gasteiger charge is 2.34. The third kappa shape index (κ3) is 4.18. The molecule has 1 amide bonds. The van der Waals surface area contributed by atoms with Gasteiger partial charge in [0.2, 0.25) is 5.91 Å². The number of thiophene rings is 1. The highest BCUT2D eigenvalue weighted by atomic mass is 32.1. The molecule has 0 bridgehead atoms. The minimum absolute atomic E-state index is 0.141. The Morgan fingerprint density at radius 3 is 2.42 bits per heavy atom. The van der Waals surface area contributed by atoms with Gasteiger partial charge < -0.3 is 10.4 Å². The van der Waals surface area contributed by atoms with Gasteiger partial charge in [-0.25, -0.2) is 9.78 Å². The summed E-state index contributed by atoms with van der Waals surface area (Å²) in [5.74, 6) is -2.27. The highest BCUT2D eigenvalue weighted by molar-refractivity contribution is 7.17. The molecule has 0 aliphatic rings. The lowest BCUT2D eigenvalue weighted by Crippen LogP contribution is -2.35. The Kier molecular flexibility index (Phi) is 5.90. The molecule has 2 heterocycles. The molecule has 2 aromatic heterocycles. The molecule has 1 unspecified atom stereocenters. The summed E-state index contributed by atoms with van der Waals surface area (Å²) in [5, 5.41) is 12.7. The number of carboxylic acid groups (broad SMARTS) is 1. The predicted molar refractivity (Wildman–Crippen MR) is 110 cm³/mol. The Bertz CT molecular complexity index is 1230. The fraction of sp³-hybridized carbons (Fsp3) is 0.300. The molecule has 1 aromatic carbocycles. The van der Waals surface area contributed by atoms with E-state index in [9.17, 15) is 32.7 Å². The standard InChI is InChI=1S/C20H18F3N3O4S/c1-9(2)15-25-17-14(11(8-31-17)19(29)30)18(28)26(15)10(3)16(27)24-13-7-5-4-6-12(13)20(21,22)23/h4-10H,1-3H3,(H,24,27)(H,29,30). The van der Waals surface area contributed by atoms with Gasteiger partial charge >= 0.3 is 12.1 Å². The minimum atomic E-state index is -4.68. The molecule has 7 nitrogen and oxygen atoms in total. The monoisotopic (exact) mass is 453 g/mol. The maximum absolute atomic E-state index is 13.2. The fourth-order valence-corrected chi connectivity index (χ4v) is 4.06. The molecule has 0 aliphatic heterocycles. The first kappa shape index (κ1) is 22.5. The molecule has 1 atom stereocenters. The predicted octanol–water partition coefficient (Wildman–Crippen LogP) is 4.50. The largest absolute Gasteiger partial charge is 0.478 e. The lowest BCUT2D eigenvalue weighted by atomic mass is 10.1. The zero-order valence-electron chi connectivity index (χ0n) is 16.6. The molecule has 0 saturated heterocycles. The number of benzene rings is 1. The van der Waals surface area contributed by atoms with Crippen LogP contribution >= 0.6 is 11.3 Å². The third-order valence-electron chi connectivity index (χ3n) is 4.67. The van der Waals surface area contributed by atoms with E-state index in [0.717, 1.165) is 28.0 Å². The number of carbonyl (C=O) groups is 2. The number of halogens is 3. The van der Waals surface area contributed by atoms with Crippen molar-refractivity contribution in [3.8, 4) is 0 Å². The van der Waals surface area contributed by atoms with E-state index in [1.165, 1.54) is 24.4 Å². The maximum atomic E-state index is 13.2. The first-order valence-electron chi connectivity index (χ1n) is 9.17. The summed E-state index contributed by atoms with van der Waals surface area (Å²) in [6, 6.07) is 3.25. The molecule has 11 heteroatoms. The zero-order chi connectivity index (χ0) is 23.1. The maximum Gasteiger partial charge on any atom is 0.418 e. The molecule has 164 valence electrons. The van der Waals surface area contributed by atoms with E-state index < -0.39 is 40.9 Å². The smallest absolute Gasteiger partial charge is 0.418 e. The van der Waals surface area contributed by atoms with Crippen LogP contribution in [0.25, 0.3) is 10.2 Å². The average Bonchev–Trinajstić information content (AvgIpc) is 3.11. The van der Waals surface area contributed by atoms with Crippen LogP contribution in [0.4, 0.5) is 18.9 Å². The second-order valence-electron chi connectivity index (χ2n) is 7.14. The molecule has 0 saturated carbocycles. The molecular weight excluding hydrogens is 435 g/mol. The molecule has 2 N–H and O–H groups in total. The van der Waals surface area contributed by atoms with Gasteiger partial charge in [0.05, 0.1) is 22.2 Å². The Hall–Kier alpha value is -3.21. The number of carbonyl (C=O) groups excluding carboxylic acids is 1. The van der Waals surface area contributed by atoms with E-state index in [-0.39, 0.29) is 27.5 Å². The first-order valence-corrected chi connectivity index (χ1v) is 10.1. The Balaban J connectivity index is 2.11. The Morgan fingerprint density at radius 1 is 1.19 bits per heavy atom. The van der Waals surface area contributed by atoms with Crippen molar-refractivity contribution >= 4 is 39.1 Å². The molecule has 0 spiro atoms. The second-order valence-corrected chi connectivity index (χ2v) is 8.00. The van der Waals surface area contributed by atoms with Crippen LogP contribution in [0.5, 0.6) is 0 Å². The van der Waals surface area contributed by atoms with Crippen LogP contribution in [0.1, 0.15) is 54.5 Å². The van der Waals surface area contributed by atoms with Gasteiger partial charge in [-0.2, -0.15) is 13.2 Å². The normalized spacial score (nSPS) is 12.9. The van der Waals surface area contributed by atoms with Crippen molar-refractivity contribution in [2.24, 2.45) is 0 Å². The summed E-state index contributed by atoms with van der Waals surface area (Å²) in [6.45, 7) is 4.82. The van der Waals surface area contributed by atoms with Crippen molar-refractivity contribution < 1.29 is 27.9 Å². The van der Waals surface area contributed by atoms with E-state index in [1.54, 1.807) is 13.8 Å². The summed E-state index contributed by atoms with van der Waals surface area (Å²) < 4.78 is 40.8. The highest BCUT2D eigenvalue weighted by Crippen LogP contribution is 2.35. The van der Waals surface area contributed by atoms with Crippen molar-refractivity contribution in [3.05, 3.63) is 57.0 Å². The van der Waals surface area contributed by atoms with Crippen LogP contribution in [0.2, 0.25) is 0 Å². The number of nitrogens with zero attached hydrogens (tertiary/aromatic N) is 2. The van der Waals surface area contributed by atoms with Crippen LogP contribution in [-0.2, 0) is 11.0 Å². The lowest BCUT2D eigenvalue weighted by Gasteiger charge is -2.21. The summed E-state index contributed by atoms with van der Waals surface area (Å²) in [6.07, 6.45) is -4.68. The number of nitrogens with one attached hydrogen (secondary N) is 1. The van der Waals surface area contributed by atoms with Gasteiger partial charge in [0.1, 0.15) is 16.7 Å². The summed E-state index contributed by atoms with van der Waals surface area (Å²) in [7, 11) is 0. The fourth-order valence-electron chi connectivity index (χ4n) is 3.15. The van der Waals surface area contributed by atoms with Crippen LogP contribution in [0, 0.1) is 0 Å². The summed E-state index contributed by atoms with van der Waals surface area (Å²) in [4.78, 5) is 42.1. The average molecular weight is 453 g/mol. The van der Waals surface area contributed by atoms with Gasteiger partial charge in [-0.1, -0.05) is 26.0 Å². The molecule has 3 rings (SSSR count). The third-order valence-corrected chi connectivity index (χ3v) is 5.54. The van der Waals surface area contributed by atoms with Gasteiger partial charge in [-0.05, 0) is 19.1 Å². The molecule has 0 aliphatic carbocycles. The van der Waals surface area contributed by atoms with Gasteiger partial charge in [-0.3, -0.25) is 14.2 Å². The number of aromatic nitrogens is 2.